The van der Waals surface area contributed by atoms with Crippen molar-refractivity contribution in [1.29, 1.82) is 5.26 Å². The topological polar surface area (TPSA) is 80.1 Å². The molecule has 0 N–H and O–H groups in total. The molecule has 3 aromatic carbocycles. The smallest absolute Gasteiger partial charge is 0.159 e. The summed E-state index contributed by atoms with van der Waals surface area (Å²) in [7, 11) is 1.59. The molecule has 0 atom stereocenters. The third-order valence-corrected chi connectivity index (χ3v) is 6.28. The van der Waals surface area contributed by atoms with Crippen molar-refractivity contribution in [2.24, 2.45) is 0 Å². The quantitative estimate of drug-likeness (QED) is 0.219. The molecule has 9 heteroatoms. The second-order valence-electron chi connectivity index (χ2n) is 8.82. The molecular weight excluding hydrogens is 500 g/mol. The molecule has 0 saturated carbocycles. The Hall–Kier alpha value is -5.19. The minimum absolute atomic E-state index is 0.0636. The van der Waals surface area contributed by atoms with Gasteiger partial charge >= 0.3 is 0 Å². The van der Waals surface area contributed by atoms with Crippen LogP contribution in [0.25, 0.3) is 16.7 Å². The molecule has 2 aromatic heterocycles. The van der Waals surface area contributed by atoms with E-state index in [1.807, 2.05) is 28.8 Å². The molecule has 2 heterocycles. The Labute approximate surface area is 223 Å². The van der Waals surface area contributed by atoms with E-state index in [0.29, 0.717) is 40.7 Å². The molecule has 0 unspecified atom stereocenters. The summed E-state index contributed by atoms with van der Waals surface area (Å²) in [6, 6.07) is 20.1. The van der Waals surface area contributed by atoms with E-state index in [2.05, 4.69) is 28.6 Å². The fourth-order valence-corrected chi connectivity index (χ4v) is 4.27. The number of fused-ring (bicyclic) bond motifs is 1. The zero-order chi connectivity index (χ0) is 27.4. The van der Waals surface area contributed by atoms with Crippen LogP contribution in [0.1, 0.15) is 28.3 Å². The lowest BCUT2D eigenvalue weighted by molar-refractivity contribution is 0.350. The third kappa shape index (κ3) is 5.57. The van der Waals surface area contributed by atoms with Gasteiger partial charge in [-0.25, -0.2) is 8.78 Å². The Bertz CT molecular complexity index is 1730. The highest BCUT2D eigenvalue weighted by Crippen LogP contribution is 2.31. The maximum atomic E-state index is 14.7. The number of aromatic nitrogens is 3. The molecule has 5 aromatic rings. The van der Waals surface area contributed by atoms with E-state index < -0.39 is 11.6 Å². The molecule has 5 rings (SSSR count). The molecule has 0 spiro atoms. The maximum Gasteiger partial charge on any atom is 0.159 e. The van der Waals surface area contributed by atoms with E-state index in [0.717, 1.165) is 17.0 Å². The number of hydrogen-bond acceptors (Lipinski definition) is 6. The number of hydrogen-bond donors (Lipinski definition) is 0. The van der Waals surface area contributed by atoms with E-state index in [1.54, 1.807) is 42.6 Å². The highest BCUT2D eigenvalue weighted by molar-refractivity contribution is 5.83. The van der Waals surface area contributed by atoms with Crippen molar-refractivity contribution in [3.05, 3.63) is 125 Å². The lowest BCUT2D eigenvalue weighted by Crippen LogP contribution is -2.24. The SMILES string of the molecule is C=C=C(c1cc2cc(OC)ccc2o1)N(Cc1ccc(F)cc1F)Cc1nncn1Cc1ccc(C#N)cc1. The van der Waals surface area contributed by atoms with E-state index in [9.17, 15) is 8.78 Å². The average Bonchev–Trinajstić information content (AvgIpc) is 3.57. The molecule has 7 nitrogen and oxygen atoms in total. The van der Waals surface area contributed by atoms with Crippen LogP contribution in [-0.4, -0.2) is 26.8 Å². The van der Waals surface area contributed by atoms with E-state index >= 15 is 0 Å². The molecule has 0 aliphatic heterocycles. The van der Waals surface area contributed by atoms with Crippen molar-refractivity contribution in [3.63, 3.8) is 0 Å². The number of rotatable bonds is 9. The second-order valence-corrected chi connectivity index (χ2v) is 8.82. The van der Waals surface area contributed by atoms with Gasteiger partial charge in [-0.05, 0) is 48.0 Å². The van der Waals surface area contributed by atoms with Crippen molar-refractivity contribution < 1.29 is 17.9 Å². The van der Waals surface area contributed by atoms with Gasteiger partial charge in [-0.1, -0.05) is 30.5 Å². The maximum absolute atomic E-state index is 14.7. The van der Waals surface area contributed by atoms with Crippen molar-refractivity contribution in [2.45, 2.75) is 19.6 Å². The molecule has 194 valence electrons. The number of ether oxygens (including phenoxy) is 1. The summed E-state index contributed by atoms with van der Waals surface area (Å²) in [5.74, 6) is 0.411. The normalized spacial score (nSPS) is 10.7. The molecular formula is C30H23F2N5O2. The highest BCUT2D eigenvalue weighted by atomic mass is 19.1. The first-order chi connectivity index (χ1) is 19.0. The van der Waals surface area contributed by atoms with E-state index in [-0.39, 0.29) is 18.7 Å². The summed E-state index contributed by atoms with van der Waals surface area (Å²) in [5.41, 5.74) is 5.85. The first kappa shape index (κ1) is 25.5. The van der Waals surface area contributed by atoms with Gasteiger partial charge in [0.2, 0.25) is 0 Å². The van der Waals surface area contributed by atoms with Crippen LogP contribution >= 0.6 is 0 Å². The number of benzene rings is 3. The van der Waals surface area contributed by atoms with Crippen LogP contribution in [0.5, 0.6) is 5.75 Å². The van der Waals surface area contributed by atoms with Gasteiger partial charge in [-0.3, -0.25) is 0 Å². The summed E-state index contributed by atoms with van der Waals surface area (Å²) in [5, 5.41) is 18.3. The minimum atomic E-state index is -0.670. The fourth-order valence-electron chi connectivity index (χ4n) is 4.27. The van der Waals surface area contributed by atoms with Crippen molar-refractivity contribution >= 4 is 16.7 Å². The zero-order valence-electron chi connectivity index (χ0n) is 21.1. The Morgan fingerprint density at radius 1 is 1.08 bits per heavy atom. The summed E-state index contributed by atoms with van der Waals surface area (Å²) in [6.07, 6.45) is 1.61. The predicted molar refractivity (Wildman–Crippen MR) is 141 cm³/mol. The number of nitriles is 1. The Morgan fingerprint density at radius 3 is 2.62 bits per heavy atom. The summed E-state index contributed by atoms with van der Waals surface area (Å²) in [4.78, 5) is 1.80. The number of nitrogens with zero attached hydrogens (tertiary/aromatic N) is 5. The van der Waals surface area contributed by atoms with Crippen LogP contribution in [0.4, 0.5) is 8.78 Å². The van der Waals surface area contributed by atoms with Gasteiger partial charge in [0.1, 0.15) is 35.0 Å². The number of halogens is 2. The summed E-state index contributed by atoms with van der Waals surface area (Å²) in [6.45, 7) is 4.59. The summed E-state index contributed by atoms with van der Waals surface area (Å²) >= 11 is 0. The van der Waals surface area contributed by atoms with Crippen molar-refractivity contribution in [1.82, 2.24) is 19.7 Å². The lowest BCUT2D eigenvalue weighted by Gasteiger charge is -2.25. The van der Waals surface area contributed by atoms with Crippen LogP contribution < -0.4 is 4.74 Å². The number of methoxy groups -OCH3 is 1. The molecule has 39 heavy (non-hydrogen) atoms. The van der Waals surface area contributed by atoms with Gasteiger partial charge in [0.05, 0.1) is 31.8 Å². The molecule has 0 aliphatic rings. The van der Waals surface area contributed by atoms with Gasteiger partial charge in [-0.15, -0.1) is 10.2 Å². The number of furan rings is 1. The molecule has 0 aliphatic carbocycles. The summed E-state index contributed by atoms with van der Waals surface area (Å²) < 4.78 is 41.6. The largest absolute Gasteiger partial charge is 0.497 e. The Morgan fingerprint density at radius 2 is 1.90 bits per heavy atom. The van der Waals surface area contributed by atoms with Crippen molar-refractivity contribution in [2.75, 3.05) is 7.11 Å². The highest BCUT2D eigenvalue weighted by Gasteiger charge is 2.21. The van der Waals surface area contributed by atoms with Crippen LogP contribution in [0, 0.1) is 23.0 Å². The molecule has 0 fully saturated rings. The molecule has 0 amide bonds. The average molecular weight is 524 g/mol. The minimum Gasteiger partial charge on any atom is -0.497 e. The third-order valence-electron chi connectivity index (χ3n) is 6.28. The molecule has 0 radical (unpaired) electrons. The first-order valence-corrected chi connectivity index (χ1v) is 12.0. The van der Waals surface area contributed by atoms with E-state index in [4.69, 9.17) is 14.4 Å². The van der Waals surface area contributed by atoms with Gasteiger partial charge in [0.15, 0.2) is 11.6 Å². The molecule has 0 saturated heterocycles. The van der Waals surface area contributed by atoms with Gasteiger partial charge in [-0.2, -0.15) is 5.26 Å². The predicted octanol–water partition coefficient (Wildman–Crippen LogP) is 6.06. The monoisotopic (exact) mass is 523 g/mol. The fraction of sp³-hybridized carbons (Fsp3) is 0.133. The Balaban J connectivity index is 1.50. The first-order valence-electron chi connectivity index (χ1n) is 12.0. The zero-order valence-corrected chi connectivity index (χ0v) is 21.1. The van der Waals surface area contributed by atoms with Gasteiger partial charge in [0.25, 0.3) is 0 Å². The van der Waals surface area contributed by atoms with Crippen molar-refractivity contribution in [3.8, 4) is 11.8 Å². The van der Waals surface area contributed by atoms with Crippen LogP contribution in [-0.2, 0) is 19.6 Å². The van der Waals surface area contributed by atoms with E-state index in [1.165, 1.54) is 12.1 Å². The Kier molecular flexibility index (Phi) is 7.21. The van der Waals surface area contributed by atoms with Gasteiger partial charge in [0, 0.05) is 23.6 Å². The lowest BCUT2D eigenvalue weighted by atomic mass is 10.1. The molecule has 0 bridgehead atoms. The van der Waals surface area contributed by atoms with Crippen LogP contribution in [0.3, 0.4) is 0 Å². The van der Waals surface area contributed by atoms with Crippen LogP contribution in [0.15, 0.2) is 89.8 Å². The van der Waals surface area contributed by atoms with Crippen LogP contribution in [0.2, 0.25) is 0 Å². The second kappa shape index (κ2) is 11.1. The standard InChI is InChI=1S/C30H23F2N5O2/c1-3-27(29-13-23-12-25(38-2)10-11-28(23)39-29)36(17-22-8-9-24(31)14-26(22)32)18-30-35-34-19-37(30)16-21-6-4-20(15-33)5-7-21/h4-14,19H,1,16-18H2,2H3. The van der Waals surface area contributed by atoms with Gasteiger partial charge < -0.3 is 18.6 Å².